The van der Waals surface area contributed by atoms with Gasteiger partial charge in [-0.15, -0.1) is 0 Å². The summed E-state index contributed by atoms with van der Waals surface area (Å²) in [4.78, 5) is 0. The zero-order valence-corrected chi connectivity index (χ0v) is 12.7. The number of hydrogen-bond donors (Lipinski definition) is 1. The highest BCUT2D eigenvalue weighted by Crippen LogP contribution is 2.20. The van der Waals surface area contributed by atoms with E-state index >= 15 is 0 Å². The van der Waals surface area contributed by atoms with Crippen LogP contribution in [0.3, 0.4) is 0 Å². The molecular formula is C17H27NO2. The van der Waals surface area contributed by atoms with Gasteiger partial charge in [0, 0.05) is 12.6 Å². The van der Waals surface area contributed by atoms with Crippen molar-refractivity contribution in [3.8, 4) is 5.75 Å². The van der Waals surface area contributed by atoms with Crippen molar-refractivity contribution in [3.63, 3.8) is 0 Å². The Morgan fingerprint density at radius 2 is 2.15 bits per heavy atom. The molecule has 1 N–H and O–H groups in total. The monoisotopic (exact) mass is 277 g/mol. The minimum atomic E-state index is 0.331. The Morgan fingerprint density at radius 3 is 2.90 bits per heavy atom. The van der Waals surface area contributed by atoms with Crippen molar-refractivity contribution < 1.29 is 9.47 Å². The molecule has 0 aliphatic heterocycles. The zero-order chi connectivity index (χ0) is 14.2. The molecule has 0 heterocycles. The summed E-state index contributed by atoms with van der Waals surface area (Å²) in [6.07, 6.45) is 5.26. The van der Waals surface area contributed by atoms with Crippen LogP contribution in [-0.2, 0) is 11.3 Å². The van der Waals surface area contributed by atoms with E-state index in [1.165, 1.54) is 18.4 Å². The molecule has 1 aromatic carbocycles. The zero-order valence-electron chi connectivity index (χ0n) is 12.7. The summed E-state index contributed by atoms with van der Waals surface area (Å²) in [5.74, 6) is 0.937. The number of nitrogens with one attached hydrogen (secondary N) is 1. The lowest BCUT2D eigenvalue weighted by molar-refractivity contribution is 0.0395. The Hall–Kier alpha value is -1.06. The maximum Gasteiger partial charge on any atom is 0.119 e. The molecule has 0 aromatic heterocycles. The quantitative estimate of drug-likeness (QED) is 0.664. The second kappa shape index (κ2) is 8.28. The molecule has 1 atom stereocenters. The molecular weight excluding hydrogens is 250 g/mol. The third kappa shape index (κ3) is 5.93. The van der Waals surface area contributed by atoms with E-state index in [1.54, 1.807) is 0 Å². The summed E-state index contributed by atoms with van der Waals surface area (Å²) in [5.41, 5.74) is 1.29. The SMILES string of the molecule is CCCC(C)OCCOc1cccc(CNC2CC2)c1. The van der Waals surface area contributed by atoms with Crippen molar-refractivity contribution in [2.45, 2.75) is 58.2 Å². The molecule has 1 saturated carbocycles. The van der Waals surface area contributed by atoms with E-state index in [4.69, 9.17) is 9.47 Å². The maximum absolute atomic E-state index is 5.74. The molecule has 0 saturated heterocycles. The molecule has 1 fully saturated rings. The summed E-state index contributed by atoms with van der Waals surface area (Å²) in [6, 6.07) is 9.07. The van der Waals surface area contributed by atoms with Crippen LogP contribution in [0.4, 0.5) is 0 Å². The fraction of sp³-hybridized carbons (Fsp3) is 0.647. The van der Waals surface area contributed by atoms with Crippen LogP contribution < -0.4 is 10.1 Å². The Morgan fingerprint density at radius 1 is 1.30 bits per heavy atom. The Kier molecular flexibility index (Phi) is 6.34. The van der Waals surface area contributed by atoms with E-state index < -0.39 is 0 Å². The van der Waals surface area contributed by atoms with Gasteiger partial charge in [0.15, 0.2) is 0 Å². The lowest BCUT2D eigenvalue weighted by Crippen LogP contribution is -2.15. The summed E-state index contributed by atoms with van der Waals surface area (Å²) < 4.78 is 11.4. The Labute approximate surface area is 122 Å². The van der Waals surface area contributed by atoms with Crippen LogP contribution in [0.25, 0.3) is 0 Å². The third-order valence-electron chi connectivity index (χ3n) is 3.52. The van der Waals surface area contributed by atoms with E-state index in [-0.39, 0.29) is 0 Å². The fourth-order valence-electron chi connectivity index (χ4n) is 2.19. The minimum absolute atomic E-state index is 0.331. The van der Waals surface area contributed by atoms with Gasteiger partial charge in [0.25, 0.3) is 0 Å². The molecule has 112 valence electrons. The van der Waals surface area contributed by atoms with Crippen molar-refractivity contribution >= 4 is 0 Å². The molecule has 1 unspecified atom stereocenters. The van der Waals surface area contributed by atoms with E-state index in [0.29, 0.717) is 19.3 Å². The van der Waals surface area contributed by atoms with Crippen LogP contribution in [0.15, 0.2) is 24.3 Å². The van der Waals surface area contributed by atoms with Gasteiger partial charge < -0.3 is 14.8 Å². The highest BCUT2D eigenvalue weighted by molar-refractivity contribution is 5.28. The molecule has 3 nitrogen and oxygen atoms in total. The van der Waals surface area contributed by atoms with Gasteiger partial charge in [-0.3, -0.25) is 0 Å². The second-order valence-electron chi connectivity index (χ2n) is 5.62. The average Bonchev–Trinajstić information content (AvgIpc) is 3.26. The van der Waals surface area contributed by atoms with Crippen LogP contribution >= 0.6 is 0 Å². The smallest absolute Gasteiger partial charge is 0.119 e. The fourth-order valence-corrected chi connectivity index (χ4v) is 2.19. The van der Waals surface area contributed by atoms with Crippen molar-refractivity contribution in [3.05, 3.63) is 29.8 Å². The second-order valence-corrected chi connectivity index (χ2v) is 5.62. The predicted molar refractivity (Wildman–Crippen MR) is 82.1 cm³/mol. The first-order chi connectivity index (χ1) is 9.78. The van der Waals surface area contributed by atoms with Gasteiger partial charge in [-0.05, 0) is 43.9 Å². The number of ether oxygens (including phenoxy) is 2. The van der Waals surface area contributed by atoms with E-state index in [9.17, 15) is 0 Å². The molecule has 0 spiro atoms. The number of hydrogen-bond acceptors (Lipinski definition) is 3. The van der Waals surface area contributed by atoms with Crippen molar-refractivity contribution in [2.24, 2.45) is 0 Å². The molecule has 0 amide bonds. The average molecular weight is 277 g/mol. The highest BCUT2D eigenvalue weighted by atomic mass is 16.5. The van der Waals surface area contributed by atoms with Gasteiger partial charge in [-0.1, -0.05) is 25.5 Å². The lowest BCUT2D eigenvalue weighted by atomic mass is 10.2. The first kappa shape index (κ1) is 15.3. The summed E-state index contributed by atoms with van der Waals surface area (Å²) in [7, 11) is 0. The van der Waals surface area contributed by atoms with Gasteiger partial charge in [0.05, 0.1) is 12.7 Å². The summed E-state index contributed by atoms with van der Waals surface area (Å²) >= 11 is 0. The van der Waals surface area contributed by atoms with Crippen molar-refractivity contribution in [1.82, 2.24) is 5.32 Å². The van der Waals surface area contributed by atoms with Crippen molar-refractivity contribution in [2.75, 3.05) is 13.2 Å². The molecule has 1 aliphatic carbocycles. The van der Waals surface area contributed by atoms with Crippen LogP contribution in [-0.4, -0.2) is 25.4 Å². The molecule has 3 heteroatoms. The summed E-state index contributed by atoms with van der Waals surface area (Å²) in [6.45, 7) is 6.51. The largest absolute Gasteiger partial charge is 0.491 e. The first-order valence-corrected chi connectivity index (χ1v) is 7.84. The van der Waals surface area contributed by atoms with Crippen LogP contribution in [0.1, 0.15) is 45.1 Å². The first-order valence-electron chi connectivity index (χ1n) is 7.84. The van der Waals surface area contributed by atoms with Crippen LogP contribution in [0.5, 0.6) is 5.75 Å². The molecule has 1 aromatic rings. The predicted octanol–water partition coefficient (Wildman–Crippen LogP) is 3.52. The normalized spacial score (nSPS) is 16.1. The lowest BCUT2D eigenvalue weighted by Gasteiger charge is -2.13. The van der Waals surface area contributed by atoms with Gasteiger partial charge in [-0.25, -0.2) is 0 Å². The topological polar surface area (TPSA) is 30.5 Å². The Bertz CT molecular complexity index is 390. The standard InChI is InChI=1S/C17H27NO2/c1-3-5-14(2)19-10-11-20-17-7-4-6-15(12-17)13-18-16-8-9-16/h4,6-7,12,14,16,18H,3,5,8-11,13H2,1-2H3. The van der Waals surface area contributed by atoms with Crippen LogP contribution in [0, 0.1) is 0 Å². The maximum atomic E-state index is 5.74. The van der Waals surface area contributed by atoms with Crippen LogP contribution in [0.2, 0.25) is 0 Å². The van der Waals surface area contributed by atoms with Gasteiger partial charge in [-0.2, -0.15) is 0 Å². The van der Waals surface area contributed by atoms with Gasteiger partial charge in [0.1, 0.15) is 12.4 Å². The molecule has 20 heavy (non-hydrogen) atoms. The number of benzene rings is 1. The number of rotatable bonds is 10. The molecule has 2 rings (SSSR count). The Balaban J connectivity index is 1.65. The molecule has 1 aliphatic rings. The van der Waals surface area contributed by atoms with E-state index in [2.05, 4.69) is 37.4 Å². The third-order valence-corrected chi connectivity index (χ3v) is 3.52. The summed E-state index contributed by atoms with van der Waals surface area (Å²) in [5, 5.41) is 3.52. The van der Waals surface area contributed by atoms with Crippen molar-refractivity contribution in [1.29, 1.82) is 0 Å². The van der Waals surface area contributed by atoms with E-state index in [1.807, 2.05) is 6.07 Å². The molecule has 0 radical (unpaired) electrons. The van der Waals surface area contributed by atoms with Gasteiger partial charge >= 0.3 is 0 Å². The highest BCUT2D eigenvalue weighted by Gasteiger charge is 2.19. The van der Waals surface area contributed by atoms with Gasteiger partial charge in [0.2, 0.25) is 0 Å². The molecule has 0 bridgehead atoms. The minimum Gasteiger partial charge on any atom is -0.491 e. The van der Waals surface area contributed by atoms with E-state index in [0.717, 1.165) is 31.2 Å².